The summed E-state index contributed by atoms with van der Waals surface area (Å²) < 4.78 is 3.84. The number of carbonyl (C=O) groups is 1. The van der Waals surface area contributed by atoms with Crippen LogP contribution in [0.2, 0.25) is 0 Å². The SMILES string of the molecule is CNC(=O)OS. The minimum Gasteiger partial charge on any atom is -0.378 e. The first-order valence-corrected chi connectivity index (χ1v) is 1.71. The van der Waals surface area contributed by atoms with Crippen LogP contribution in [0.5, 0.6) is 0 Å². The number of carbonyl (C=O) groups excluding carboxylic acids is 1. The van der Waals surface area contributed by atoms with Gasteiger partial charge in [-0.05, 0) is 0 Å². The molecule has 36 valence electrons. The third-order valence-electron chi connectivity index (χ3n) is 0.287. The van der Waals surface area contributed by atoms with E-state index in [1.807, 2.05) is 0 Å². The monoisotopic (exact) mass is 107 g/mol. The van der Waals surface area contributed by atoms with Crippen molar-refractivity contribution < 1.29 is 8.98 Å². The van der Waals surface area contributed by atoms with Crippen molar-refractivity contribution in [3.8, 4) is 0 Å². The van der Waals surface area contributed by atoms with E-state index >= 15 is 0 Å². The van der Waals surface area contributed by atoms with Crippen molar-refractivity contribution in [3.05, 3.63) is 0 Å². The maximum Gasteiger partial charge on any atom is 0.418 e. The Morgan fingerprint density at radius 3 is 2.50 bits per heavy atom. The topological polar surface area (TPSA) is 38.3 Å². The molecule has 0 aromatic rings. The van der Waals surface area contributed by atoms with Gasteiger partial charge in [0.15, 0.2) is 0 Å². The molecule has 0 atom stereocenters. The smallest absolute Gasteiger partial charge is 0.378 e. The second-order valence-electron chi connectivity index (χ2n) is 0.629. The highest BCUT2D eigenvalue weighted by Gasteiger charge is 1.86. The van der Waals surface area contributed by atoms with E-state index < -0.39 is 6.09 Å². The minimum absolute atomic E-state index is 0.543. The molecule has 3 nitrogen and oxygen atoms in total. The number of nitrogens with one attached hydrogen (secondary N) is 1. The van der Waals surface area contributed by atoms with E-state index in [4.69, 9.17) is 0 Å². The minimum atomic E-state index is -0.543. The second-order valence-corrected chi connectivity index (χ2v) is 0.811. The lowest BCUT2D eigenvalue weighted by Crippen LogP contribution is -2.14. The van der Waals surface area contributed by atoms with Crippen LogP contribution in [0.3, 0.4) is 0 Å². The van der Waals surface area contributed by atoms with Gasteiger partial charge in [-0.2, -0.15) is 0 Å². The molecule has 0 aromatic heterocycles. The van der Waals surface area contributed by atoms with Gasteiger partial charge in [0.25, 0.3) is 0 Å². The van der Waals surface area contributed by atoms with Gasteiger partial charge in [-0.1, -0.05) is 0 Å². The molecule has 0 saturated carbocycles. The molecule has 6 heavy (non-hydrogen) atoms. The summed E-state index contributed by atoms with van der Waals surface area (Å²) in [4.78, 5) is 9.77. The predicted octanol–water partition coefficient (Wildman–Crippen LogP) is 0.187. The zero-order chi connectivity index (χ0) is 4.99. The summed E-state index contributed by atoms with van der Waals surface area (Å²) in [5.74, 6) is 0. The molecule has 0 fully saturated rings. The fraction of sp³-hybridized carbons (Fsp3) is 0.500. The van der Waals surface area contributed by atoms with Crippen molar-refractivity contribution >= 4 is 19.0 Å². The molecule has 0 spiro atoms. The fourth-order valence-corrected chi connectivity index (χ4v) is 0.137. The highest BCUT2D eigenvalue weighted by Crippen LogP contribution is 1.75. The summed E-state index contributed by atoms with van der Waals surface area (Å²) in [5, 5.41) is 2.18. The molecule has 0 aromatic carbocycles. The van der Waals surface area contributed by atoms with E-state index in [1.54, 1.807) is 0 Å². The number of amides is 1. The van der Waals surface area contributed by atoms with Crippen molar-refractivity contribution in [1.82, 2.24) is 5.32 Å². The summed E-state index contributed by atoms with van der Waals surface area (Å²) in [6.45, 7) is 0. The van der Waals surface area contributed by atoms with Gasteiger partial charge in [0.05, 0.1) is 0 Å². The average molecular weight is 107 g/mol. The Hall–Kier alpha value is -0.380. The van der Waals surface area contributed by atoms with E-state index in [-0.39, 0.29) is 0 Å². The third kappa shape index (κ3) is 1.90. The molecule has 0 heterocycles. The molecular formula is C2H5NO2S. The summed E-state index contributed by atoms with van der Waals surface area (Å²) in [7, 11) is 1.46. The highest BCUT2D eigenvalue weighted by atomic mass is 32.1. The van der Waals surface area contributed by atoms with E-state index in [0.29, 0.717) is 0 Å². The quantitative estimate of drug-likeness (QED) is 0.342. The first kappa shape index (κ1) is 5.62. The molecular weight excluding hydrogens is 102 g/mol. The molecule has 1 amide bonds. The molecule has 0 radical (unpaired) electrons. The molecule has 0 rings (SSSR count). The van der Waals surface area contributed by atoms with E-state index in [9.17, 15) is 4.79 Å². The first-order chi connectivity index (χ1) is 2.81. The standard InChI is InChI=1S/C2H5NO2S/c1-3-2(4)5-6/h6H,1H3,(H,3,4). The average Bonchev–Trinajstić information content (AvgIpc) is 1.65. The Morgan fingerprint density at radius 1 is 2.00 bits per heavy atom. The largest absolute Gasteiger partial charge is 0.418 e. The second kappa shape index (κ2) is 2.84. The van der Waals surface area contributed by atoms with Crippen molar-refractivity contribution in [1.29, 1.82) is 0 Å². The zero-order valence-electron chi connectivity index (χ0n) is 3.26. The summed E-state index contributed by atoms with van der Waals surface area (Å²) >= 11 is 3.18. The van der Waals surface area contributed by atoms with Crippen LogP contribution in [0.25, 0.3) is 0 Å². The maximum absolute atomic E-state index is 9.77. The van der Waals surface area contributed by atoms with E-state index in [0.717, 1.165) is 0 Å². The van der Waals surface area contributed by atoms with Gasteiger partial charge < -0.3 is 9.50 Å². The normalized spacial score (nSPS) is 7.00. The Kier molecular flexibility index (Phi) is 2.66. The lowest BCUT2D eigenvalue weighted by atomic mass is 11.1. The van der Waals surface area contributed by atoms with Crippen LogP contribution < -0.4 is 5.32 Å². The lowest BCUT2D eigenvalue weighted by Gasteiger charge is -1.88. The number of hydrogen-bond acceptors (Lipinski definition) is 3. The predicted molar refractivity (Wildman–Crippen MR) is 24.5 cm³/mol. The van der Waals surface area contributed by atoms with Crippen LogP contribution in [0.4, 0.5) is 4.79 Å². The third-order valence-corrected chi connectivity index (χ3v) is 0.453. The van der Waals surface area contributed by atoms with Crippen LogP contribution in [0.15, 0.2) is 0 Å². The van der Waals surface area contributed by atoms with Gasteiger partial charge in [0.2, 0.25) is 0 Å². The van der Waals surface area contributed by atoms with Gasteiger partial charge in [-0.25, -0.2) is 4.79 Å². The Labute approximate surface area is 41.3 Å². The molecule has 1 N–H and O–H groups in total. The van der Waals surface area contributed by atoms with Gasteiger partial charge in [0.1, 0.15) is 0 Å². The molecule has 4 heteroatoms. The van der Waals surface area contributed by atoms with Crippen LogP contribution >= 0.6 is 12.9 Å². The Bertz CT molecular complexity index is 49.5. The number of rotatable bonds is 0. The maximum atomic E-state index is 9.77. The molecule has 0 unspecified atom stereocenters. The summed E-state index contributed by atoms with van der Waals surface area (Å²) in [6.07, 6.45) is -0.543. The number of thiol groups is 1. The van der Waals surface area contributed by atoms with Crippen LogP contribution in [0, 0.1) is 0 Å². The summed E-state index contributed by atoms with van der Waals surface area (Å²) in [6, 6.07) is 0. The fourth-order valence-electron chi connectivity index (χ4n) is 0.0456. The van der Waals surface area contributed by atoms with Crippen molar-refractivity contribution in [2.45, 2.75) is 0 Å². The molecule has 0 saturated heterocycles. The highest BCUT2D eigenvalue weighted by molar-refractivity contribution is 7.75. The van der Waals surface area contributed by atoms with Crippen LogP contribution in [-0.2, 0) is 4.18 Å². The summed E-state index contributed by atoms with van der Waals surface area (Å²) in [5.41, 5.74) is 0. The number of hydrogen-bond donors (Lipinski definition) is 2. The first-order valence-electron chi connectivity index (χ1n) is 1.34. The Balaban J connectivity index is 2.99. The van der Waals surface area contributed by atoms with Crippen LogP contribution in [0.1, 0.15) is 0 Å². The van der Waals surface area contributed by atoms with Crippen molar-refractivity contribution in [2.75, 3.05) is 7.05 Å². The van der Waals surface area contributed by atoms with Crippen LogP contribution in [-0.4, -0.2) is 13.1 Å². The van der Waals surface area contributed by atoms with E-state index in [1.165, 1.54) is 7.05 Å². The van der Waals surface area contributed by atoms with Crippen molar-refractivity contribution in [3.63, 3.8) is 0 Å². The van der Waals surface area contributed by atoms with Gasteiger partial charge in [-0.15, -0.1) is 0 Å². The van der Waals surface area contributed by atoms with E-state index in [2.05, 4.69) is 22.4 Å². The zero-order valence-corrected chi connectivity index (χ0v) is 4.16. The van der Waals surface area contributed by atoms with Gasteiger partial charge in [0, 0.05) is 20.0 Å². The molecule has 0 aliphatic carbocycles. The van der Waals surface area contributed by atoms with Gasteiger partial charge >= 0.3 is 6.09 Å². The van der Waals surface area contributed by atoms with Gasteiger partial charge in [-0.3, -0.25) is 0 Å². The Morgan fingerprint density at radius 2 is 2.50 bits per heavy atom. The molecule has 0 aliphatic heterocycles. The lowest BCUT2D eigenvalue weighted by molar-refractivity contribution is 0.211. The molecule has 0 bridgehead atoms. The van der Waals surface area contributed by atoms with Crippen molar-refractivity contribution in [2.24, 2.45) is 0 Å². The molecule has 0 aliphatic rings.